The van der Waals surface area contributed by atoms with Crippen LogP contribution in [-0.4, -0.2) is 0 Å². The van der Waals surface area contributed by atoms with Crippen molar-refractivity contribution in [1.82, 2.24) is 0 Å². The largest absolute Gasteiger partial charge is 0.356 e. The molecule has 1 nitrogen and oxygen atoms in total. The minimum absolute atomic E-state index is 0.00926. The van der Waals surface area contributed by atoms with Crippen molar-refractivity contribution >= 4 is 16.9 Å². The van der Waals surface area contributed by atoms with E-state index in [9.17, 15) is 0 Å². The molecule has 0 bridgehead atoms. The number of nitrogens with one attached hydrogen (secondary N) is 1. The van der Waals surface area contributed by atoms with Crippen LogP contribution in [0.1, 0.15) is 49.9 Å². The van der Waals surface area contributed by atoms with E-state index in [1.165, 1.54) is 66.8 Å². The Balaban J connectivity index is 1.00. The van der Waals surface area contributed by atoms with Crippen molar-refractivity contribution in [1.29, 1.82) is 0 Å². The van der Waals surface area contributed by atoms with Gasteiger partial charge in [-0.25, -0.2) is 0 Å². The van der Waals surface area contributed by atoms with E-state index in [1.807, 2.05) is 6.08 Å². The van der Waals surface area contributed by atoms with Crippen molar-refractivity contribution in [2.45, 2.75) is 38.5 Å². The molecule has 0 radical (unpaired) electrons. The number of fused-ring (bicyclic) bond motifs is 5. The number of hydrogen-bond donors (Lipinski definition) is 1. The highest BCUT2D eigenvalue weighted by Crippen LogP contribution is 2.50. The number of benzene rings is 5. The van der Waals surface area contributed by atoms with Crippen molar-refractivity contribution in [3.05, 3.63) is 161 Å². The van der Waals surface area contributed by atoms with Crippen molar-refractivity contribution in [2.75, 3.05) is 5.32 Å². The SMILES string of the molecule is CC1(C)C2=C(C=C[C+]=C2)c2ccc(-c3ccc(Nc4ccc(-c5ccc6c(c5)C(C)(C)c5ccccc5-6)cc4)cc3)cc21. The van der Waals surface area contributed by atoms with Crippen LogP contribution in [0.4, 0.5) is 11.4 Å². The number of hydrogen-bond acceptors (Lipinski definition) is 1. The van der Waals surface area contributed by atoms with Crippen LogP contribution < -0.4 is 5.32 Å². The lowest BCUT2D eigenvalue weighted by atomic mass is 9.80. The van der Waals surface area contributed by atoms with E-state index in [0.29, 0.717) is 0 Å². The molecule has 0 spiro atoms. The molecule has 43 heavy (non-hydrogen) atoms. The first-order chi connectivity index (χ1) is 20.8. The molecule has 5 aromatic carbocycles. The van der Waals surface area contributed by atoms with Gasteiger partial charge in [0.05, 0.1) is 22.6 Å². The fraction of sp³-hybridized carbons (Fsp3) is 0.143. The molecule has 0 amide bonds. The van der Waals surface area contributed by atoms with Gasteiger partial charge in [0.2, 0.25) is 0 Å². The van der Waals surface area contributed by atoms with Crippen molar-refractivity contribution in [3.8, 4) is 33.4 Å². The third-order valence-electron chi connectivity index (χ3n) is 9.83. The monoisotopic (exact) mass is 552 g/mol. The van der Waals surface area contributed by atoms with Gasteiger partial charge in [-0.15, -0.1) is 0 Å². The van der Waals surface area contributed by atoms with E-state index >= 15 is 0 Å². The Hall–Kier alpha value is -4.97. The van der Waals surface area contributed by atoms with Crippen LogP contribution in [0.2, 0.25) is 0 Å². The van der Waals surface area contributed by atoms with Crippen LogP contribution in [0.3, 0.4) is 0 Å². The van der Waals surface area contributed by atoms with Gasteiger partial charge in [-0.2, -0.15) is 0 Å². The lowest BCUT2D eigenvalue weighted by Crippen LogP contribution is -2.16. The summed E-state index contributed by atoms with van der Waals surface area (Å²) in [5.74, 6) is 0. The molecular formula is C42H34N+. The Kier molecular flexibility index (Phi) is 5.54. The van der Waals surface area contributed by atoms with E-state index < -0.39 is 0 Å². The van der Waals surface area contributed by atoms with E-state index in [2.05, 4.69) is 160 Å². The van der Waals surface area contributed by atoms with Gasteiger partial charge in [0, 0.05) is 28.4 Å². The molecule has 0 saturated carbocycles. The minimum atomic E-state index is -0.0207. The van der Waals surface area contributed by atoms with Crippen LogP contribution in [0, 0.1) is 6.08 Å². The second-order valence-electron chi connectivity index (χ2n) is 13.1. The normalized spacial score (nSPS) is 16.3. The van der Waals surface area contributed by atoms with Crippen LogP contribution in [-0.2, 0) is 10.8 Å². The molecule has 0 atom stereocenters. The number of allylic oxidation sites excluding steroid dienone is 6. The lowest BCUT2D eigenvalue weighted by molar-refractivity contribution is 0.654. The summed E-state index contributed by atoms with van der Waals surface area (Å²) in [4.78, 5) is 0. The molecule has 8 rings (SSSR count). The second-order valence-corrected chi connectivity index (χ2v) is 13.1. The van der Waals surface area contributed by atoms with E-state index in [1.54, 1.807) is 0 Å². The molecule has 0 fully saturated rings. The van der Waals surface area contributed by atoms with Gasteiger partial charge < -0.3 is 5.32 Å². The average molecular weight is 553 g/mol. The first-order valence-electron chi connectivity index (χ1n) is 15.2. The molecule has 3 aliphatic carbocycles. The highest BCUT2D eigenvalue weighted by Gasteiger charge is 2.42. The fourth-order valence-electron chi connectivity index (χ4n) is 7.35. The van der Waals surface area contributed by atoms with Gasteiger partial charge in [0.1, 0.15) is 12.2 Å². The molecule has 1 N–H and O–H groups in total. The molecule has 5 aromatic rings. The first kappa shape index (κ1) is 25.7. The Morgan fingerprint density at radius 1 is 0.512 bits per heavy atom. The smallest absolute Gasteiger partial charge is 0.107 e. The van der Waals surface area contributed by atoms with Crippen molar-refractivity contribution < 1.29 is 0 Å². The van der Waals surface area contributed by atoms with Gasteiger partial charge >= 0.3 is 0 Å². The second kappa shape index (κ2) is 9.27. The van der Waals surface area contributed by atoms with Crippen LogP contribution >= 0.6 is 0 Å². The molecule has 206 valence electrons. The topological polar surface area (TPSA) is 12.0 Å². The Morgan fingerprint density at radius 2 is 1.05 bits per heavy atom. The van der Waals surface area contributed by atoms with Gasteiger partial charge in [-0.3, -0.25) is 0 Å². The summed E-state index contributed by atoms with van der Waals surface area (Å²) in [5, 5.41) is 3.59. The maximum Gasteiger partial charge on any atom is 0.107 e. The maximum atomic E-state index is 3.59. The van der Waals surface area contributed by atoms with Gasteiger partial charge in [-0.1, -0.05) is 86.6 Å². The average Bonchev–Trinajstić information content (AvgIpc) is 3.41. The molecule has 0 aliphatic heterocycles. The van der Waals surface area contributed by atoms with Crippen molar-refractivity contribution in [2.24, 2.45) is 0 Å². The minimum Gasteiger partial charge on any atom is -0.356 e. The quantitative estimate of drug-likeness (QED) is 0.219. The molecule has 0 unspecified atom stereocenters. The third-order valence-corrected chi connectivity index (χ3v) is 9.83. The summed E-state index contributed by atoms with van der Waals surface area (Å²) in [6.45, 7) is 9.31. The first-order valence-corrected chi connectivity index (χ1v) is 15.2. The standard InChI is InChI=1S/C42H34N/c1-41(2)37-11-7-5-9-33(37)35-23-17-29(25-39(35)41)27-13-19-31(20-14-27)43-32-21-15-28(16-22-32)30-18-24-36-34-10-6-8-12-38(34)42(3,4)40(36)26-30/h5-7,9-26,43H,1-4H3/q+1. The number of rotatable bonds is 4. The summed E-state index contributed by atoms with van der Waals surface area (Å²) in [6.07, 6.45) is 9.63. The van der Waals surface area contributed by atoms with Gasteiger partial charge in [0.25, 0.3) is 0 Å². The van der Waals surface area contributed by atoms with E-state index in [-0.39, 0.29) is 10.8 Å². The van der Waals surface area contributed by atoms with Crippen LogP contribution in [0.25, 0.3) is 39.0 Å². The highest BCUT2D eigenvalue weighted by molar-refractivity contribution is 5.90. The van der Waals surface area contributed by atoms with E-state index in [4.69, 9.17) is 0 Å². The summed E-state index contributed by atoms with van der Waals surface area (Å²) in [5.41, 5.74) is 18.1. The summed E-state index contributed by atoms with van der Waals surface area (Å²) >= 11 is 0. The van der Waals surface area contributed by atoms with Crippen LogP contribution in [0.5, 0.6) is 0 Å². The Morgan fingerprint density at radius 3 is 1.70 bits per heavy atom. The van der Waals surface area contributed by atoms with Gasteiger partial charge in [0.15, 0.2) is 0 Å². The maximum absolute atomic E-state index is 3.59. The van der Waals surface area contributed by atoms with Crippen molar-refractivity contribution in [3.63, 3.8) is 0 Å². The van der Waals surface area contributed by atoms with Gasteiger partial charge in [-0.05, 0) is 100 Å². The zero-order valence-electron chi connectivity index (χ0n) is 25.1. The van der Waals surface area contributed by atoms with E-state index in [0.717, 1.165) is 11.4 Å². The Bertz CT molecular complexity index is 2010. The predicted molar refractivity (Wildman–Crippen MR) is 182 cm³/mol. The predicted octanol–water partition coefficient (Wildman–Crippen LogP) is 11.0. The molecule has 0 saturated heterocycles. The fourth-order valence-corrected chi connectivity index (χ4v) is 7.35. The number of anilines is 2. The molecule has 0 heterocycles. The molecule has 0 aromatic heterocycles. The summed E-state index contributed by atoms with van der Waals surface area (Å²) in [6, 6.07) is 40.2. The zero-order valence-corrected chi connectivity index (χ0v) is 25.1. The zero-order chi connectivity index (χ0) is 29.3. The Labute approximate surface area is 255 Å². The lowest BCUT2D eigenvalue weighted by Gasteiger charge is -2.22. The third kappa shape index (κ3) is 3.97. The summed E-state index contributed by atoms with van der Waals surface area (Å²) in [7, 11) is 0. The summed E-state index contributed by atoms with van der Waals surface area (Å²) < 4.78 is 0. The molecular weight excluding hydrogens is 518 g/mol. The molecule has 3 aliphatic rings. The highest BCUT2D eigenvalue weighted by atomic mass is 14.9. The van der Waals surface area contributed by atoms with Crippen LogP contribution in [0.15, 0.2) is 133 Å². The molecule has 1 heteroatoms.